The summed E-state index contributed by atoms with van der Waals surface area (Å²) >= 11 is 0. The van der Waals surface area contributed by atoms with Crippen LogP contribution >= 0.6 is 0 Å². The van der Waals surface area contributed by atoms with Gasteiger partial charge in [-0.25, -0.2) is 4.79 Å². The molecule has 0 radical (unpaired) electrons. The Balaban J connectivity index is 1.91. The van der Waals surface area contributed by atoms with Crippen molar-refractivity contribution in [3.63, 3.8) is 0 Å². The monoisotopic (exact) mass is 290 g/mol. The summed E-state index contributed by atoms with van der Waals surface area (Å²) in [6.45, 7) is 2.81. The van der Waals surface area contributed by atoms with Crippen molar-refractivity contribution in [3.05, 3.63) is 35.9 Å². The van der Waals surface area contributed by atoms with Crippen LogP contribution in [0.25, 0.3) is 0 Å². The first-order valence-corrected chi connectivity index (χ1v) is 7.30. The van der Waals surface area contributed by atoms with E-state index >= 15 is 0 Å². The van der Waals surface area contributed by atoms with E-state index in [1.807, 2.05) is 30.3 Å². The molecule has 0 saturated heterocycles. The van der Waals surface area contributed by atoms with Crippen LogP contribution in [0.3, 0.4) is 0 Å². The van der Waals surface area contributed by atoms with Crippen LogP contribution in [0.4, 0.5) is 4.79 Å². The molecule has 1 aromatic rings. The van der Waals surface area contributed by atoms with Gasteiger partial charge in [-0.2, -0.15) is 0 Å². The Morgan fingerprint density at radius 1 is 1.29 bits per heavy atom. The maximum Gasteiger partial charge on any atom is 0.315 e. The molecule has 1 aromatic carbocycles. The Kier molecular flexibility index (Phi) is 4.83. The molecule has 1 saturated carbocycles. The highest BCUT2D eigenvalue weighted by Gasteiger charge is 2.37. The normalized spacial score (nSPS) is 16.8. The van der Waals surface area contributed by atoms with E-state index in [1.54, 1.807) is 0 Å². The first-order chi connectivity index (χ1) is 9.98. The van der Waals surface area contributed by atoms with Gasteiger partial charge in [-0.1, -0.05) is 37.3 Å². The molecule has 1 fully saturated rings. The number of aliphatic carboxylic acids is 1. The summed E-state index contributed by atoms with van der Waals surface area (Å²) in [4.78, 5) is 22.7. The van der Waals surface area contributed by atoms with E-state index in [9.17, 15) is 9.59 Å². The number of hydrogen-bond acceptors (Lipinski definition) is 2. The largest absolute Gasteiger partial charge is 0.481 e. The minimum Gasteiger partial charge on any atom is -0.481 e. The number of carbonyl (C=O) groups excluding carboxylic acids is 1. The van der Waals surface area contributed by atoms with E-state index in [1.165, 1.54) is 0 Å². The van der Waals surface area contributed by atoms with Crippen molar-refractivity contribution in [3.8, 4) is 0 Å². The number of rotatable bonds is 7. The Morgan fingerprint density at radius 2 is 1.95 bits per heavy atom. The molecule has 114 valence electrons. The Bertz CT molecular complexity index is 498. The van der Waals surface area contributed by atoms with Crippen molar-refractivity contribution in [2.75, 3.05) is 6.54 Å². The first-order valence-electron chi connectivity index (χ1n) is 7.30. The van der Waals surface area contributed by atoms with Crippen LogP contribution < -0.4 is 10.6 Å². The lowest BCUT2D eigenvalue weighted by atomic mass is 10.0. The molecule has 1 unspecified atom stereocenters. The molecule has 1 atom stereocenters. The molecule has 21 heavy (non-hydrogen) atoms. The van der Waals surface area contributed by atoms with E-state index in [-0.39, 0.29) is 23.9 Å². The fourth-order valence-corrected chi connectivity index (χ4v) is 2.17. The van der Waals surface area contributed by atoms with Gasteiger partial charge in [0.2, 0.25) is 0 Å². The zero-order chi connectivity index (χ0) is 15.3. The van der Waals surface area contributed by atoms with Gasteiger partial charge < -0.3 is 15.7 Å². The van der Waals surface area contributed by atoms with Gasteiger partial charge in [-0.15, -0.1) is 0 Å². The van der Waals surface area contributed by atoms with Crippen LogP contribution in [0.2, 0.25) is 0 Å². The Hall–Kier alpha value is -2.04. The van der Waals surface area contributed by atoms with Crippen molar-refractivity contribution in [2.45, 2.75) is 38.6 Å². The summed E-state index contributed by atoms with van der Waals surface area (Å²) in [6.07, 6.45) is 2.70. The number of nitrogens with one attached hydrogen (secondary N) is 2. The van der Waals surface area contributed by atoms with Gasteiger partial charge in [0.25, 0.3) is 0 Å². The van der Waals surface area contributed by atoms with Crippen molar-refractivity contribution < 1.29 is 14.7 Å². The number of amides is 2. The van der Waals surface area contributed by atoms with Crippen LogP contribution in [-0.4, -0.2) is 23.7 Å². The van der Waals surface area contributed by atoms with Crippen LogP contribution in [-0.2, 0) is 4.79 Å². The lowest BCUT2D eigenvalue weighted by Gasteiger charge is -2.20. The number of hydrogen-bond donors (Lipinski definition) is 3. The molecule has 0 spiro atoms. The fraction of sp³-hybridized carbons (Fsp3) is 0.500. The smallest absolute Gasteiger partial charge is 0.315 e. The fourth-order valence-electron chi connectivity index (χ4n) is 2.17. The summed E-state index contributed by atoms with van der Waals surface area (Å²) < 4.78 is 0. The van der Waals surface area contributed by atoms with E-state index in [2.05, 4.69) is 17.6 Å². The summed E-state index contributed by atoms with van der Waals surface area (Å²) in [5.74, 6) is -0.858. The Labute approximate surface area is 124 Å². The van der Waals surface area contributed by atoms with E-state index in [0.717, 1.165) is 18.4 Å². The average Bonchev–Trinajstić information content (AvgIpc) is 3.20. The zero-order valence-electron chi connectivity index (χ0n) is 12.3. The van der Waals surface area contributed by atoms with Crippen LogP contribution in [0.1, 0.15) is 44.2 Å². The second kappa shape index (κ2) is 6.61. The molecule has 0 heterocycles. The molecule has 0 bridgehead atoms. The average molecular weight is 290 g/mol. The molecule has 3 N–H and O–H groups in total. The van der Waals surface area contributed by atoms with E-state index in [0.29, 0.717) is 13.0 Å². The lowest BCUT2D eigenvalue weighted by molar-refractivity contribution is -0.137. The van der Waals surface area contributed by atoms with Crippen LogP contribution in [0.5, 0.6) is 0 Å². The minimum atomic E-state index is -0.858. The van der Waals surface area contributed by atoms with Crippen molar-refractivity contribution >= 4 is 12.0 Å². The molecular weight excluding hydrogens is 268 g/mol. The number of carboxylic acid groups (broad SMARTS) is 1. The molecule has 1 aliphatic rings. The molecule has 0 aliphatic heterocycles. The van der Waals surface area contributed by atoms with E-state index in [4.69, 9.17) is 5.11 Å². The van der Waals surface area contributed by atoms with Crippen LogP contribution in [0, 0.1) is 5.41 Å². The third kappa shape index (κ3) is 5.10. The quantitative estimate of drug-likeness (QED) is 0.722. The topological polar surface area (TPSA) is 78.4 Å². The van der Waals surface area contributed by atoms with Gasteiger partial charge in [-0.05, 0) is 30.2 Å². The number of carbonyl (C=O) groups is 2. The van der Waals surface area contributed by atoms with Gasteiger partial charge in [0, 0.05) is 13.0 Å². The van der Waals surface area contributed by atoms with Crippen molar-refractivity contribution in [1.29, 1.82) is 0 Å². The molecule has 2 amide bonds. The molecular formula is C16H22N2O3. The Morgan fingerprint density at radius 3 is 2.52 bits per heavy atom. The summed E-state index contributed by atoms with van der Waals surface area (Å²) in [5, 5.41) is 14.6. The van der Waals surface area contributed by atoms with Gasteiger partial charge in [0.05, 0.1) is 6.04 Å². The third-order valence-corrected chi connectivity index (χ3v) is 3.93. The van der Waals surface area contributed by atoms with Crippen molar-refractivity contribution in [1.82, 2.24) is 10.6 Å². The standard InChI is InChI=1S/C16H22N2O3/c1-16(9-10-16)11-17-15(21)18-13(7-8-14(19)20)12-5-3-2-4-6-12/h2-6,13H,7-11H2,1H3,(H,19,20)(H2,17,18,21). The van der Waals surface area contributed by atoms with Gasteiger partial charge in [-0.3, -0.25) is 4.79 Å². The molecule has 5 nitrogen and oxygen atoms in total. The predicted octanol–water partition coefficient (Wildman–Crippen LogP) is 2.69. The highest BCUT2D eigenvalue weighted by Crippen LogP contribution is 2.43. The number of benzene rings is 1. The second-order valence-electron chi connectivity index (χ2n) is 6.03. The summed E-state index contributed by atoms with van der Waals surface area (Å²) in [5.41, 5.74) is 1.17. The van der Waals surface area contributed by atoms with Gasteiger partial charge in [0.15, 0.2) is 0 Å². The summed E-state index contributed by atoms with van der Waals surface area (Å²) in [7, 11) is 0. The second-order valence-corrected chi connectivity index (χ2v) is 6.03. The van der Waals surface area contributed by atoms with Gasteiger partial charge >= 0.3 is 12.0 Å². The molecule has 0 aromatic heterocycles. The summed E-state index contributed by atoms with van der Waals surface area (Å²) in [6, 6.07) is 8.94. The lowest BCUT2D eigenvalue weighted by Crippen LogP contribution is -2.40. The minimum absolute atomic E-state index is 0.0254. The maximum absolute atomic E-state index is 12.0. The highest BCUT2D eigenvalue weighted by atomic mass is 16.4. The number of urea groups is 1. The maximum atomic E-state index is 12.0. The SMILES string of the molecule is CC1(CNC(=O)NC(CCC(=O)O)c2ccccc2)CC1. The molecule has 2 rings (SSSR count). The third-order valence-electron chi connectivity index (χ3n) is 3.93. The predicted molar refractivity (Wildman–Crippen MR) is 79.9 cm³/mol. The highest BCUT2D eigenvalue weighted by molar-refractivity contribution is 5.74. The van der Waals surface area contributed by atoms with Crippen LogP contribution in [0.15, 0.2) is 30.3 Å². The number of carboxylic acids is 1. The zero-order valence-corrected chi connectivity index (χ0v) is 12.3. The first kappa shape index (κ1) is 15.4. The van der Waals surface area contributed by atoms with E-state index < -0.39 is 5.97 Å². The molecule has 5 heteroatoms. The van der Waals surface area contributed by atoms with Crippen molar-refractivity contribution in [2.24, 2.45) is 5.41 Å². The molecule has 1 aliphatic carbocycles. The van der Waals surface area contributed by atoms with Gasteiger partial charge in [0.1, 0.15) is 0 Å².